The number of hydrogen-bond donors (Lipinski definition) is 1. The Balaban J connectivity index is 0.00000297. The fraction of sp³-hybridized carbons (Fsp3) is 0.591. The molecule has 3 fully saturated rings. The van der Waals surface area contributed by atoms with Crippen molar-refractivity contribution in [3.8, 4) is 0 Å². The van der Waals surface area contributed by atoms with Crippen LogP contribution in [-0.2, 0) is 43.7 Å². The summed E-state index contributed by atoms with van der Waals surface area (Å²) in [6.45, 7) is 12.7. The van der Waals surface area contributed by atoms with Crippen LogP contribution in [0.25, 0.3) is 11.1 Å². The van der Waals surface area contributed by atoms with Crippen LogP contribution in [0.1, 0.15) is 76.0 Å². The van der Waals surface area contributed by atoms with E-state index in [2.05, 4.69) is 10.2 Å². The highest BCUT2D eigenvalue weighted by Crippen LogP contribution is 2.27. The summed E-state index contributed by atoms with van der Waals surface area (Å²) in [5.74, 6) is -1.16. The topological polar surface area (TPSA) is 167 Å². The summed E-state index contributed by atoms with van der Waals surface area (Å²) in [6.07, 6.45) is 2.19. The second-order valence-corrected chi connectivity index (χ2v) is 15.8. The number of urea groups is 1. The van der Waals surface area contributed by atoms with Crippen LogP contribution in [0.2, 0.25) is 0 Å². The first-order chi connectivity index (χ1) is 29.0. The van der Waals surface area contributed by atoms with Crippen LogP contribution < -0.4 is 11.1 Å². The Labute approximate surface area is 351 Å². The molecule has 5 amide bonds. The molecule has 0 aliphatic carbocycles. The molecule has 16 heteroatoms. The molecule has 0 radical (unpaired) electrons. The van der Waals surface area contributed by atoms with Gasteiger partial charge in [0.2, 0.25) is 5.91 Å². The van der Waals surface area contributed by atoms with Crippen molar-refractivity contribution < 1.29 is 37.9 Å². The minimum atomic E-state index is -1.11. The molecule has 1 atom stereocenters. The quantitative estimate of drug-likeness (QED) is 0.287. The fourth-order valence-electron chi connectivity index (χ4n) is 8.98. The highest BCUT2D eigenvalue weighted by molar-refractivity contribution is 5.91. The molecule has 0 spiro atoms. The summed E-state index contributed by atoms with van der Waals surface area (Å²) >= 11 is 0. The van der Waals surface area contributed by atoms with Crippen LogP contribution in [-0.4, -0.2) is 143 Å². The van der Waals surface area contributed by atoms with Gasteiger partial charge in [0.1, 0.15) is 0 Å². The van der Waals surface area contributed by atoms with E-state index in [4.69, 9.17) is 13.9 Å². The third-order valence-corrected chi connectivity index (χ3v) is 12.2. The first kappa shape index (κ1) is 44.2. The summed E-state index contributed by atoms with van der Waals surface area (Å²) < 4.78 is 18.0. The number of oxazole rings is 1. The molecule has 0 saturated carbocycles. The molecule has 1 aromatic heterocycles. The lowest BCUT2D eigenvalue weighted by Crippen LogP contribution is -2.57. The summed E-state index contributed by atoms with van der Waals surface area (Å²) in [7, 11) is 1.65. The lowest BCUT2D eigenvalue weighted by atomic mass is 10.0. The van der Waals surface area contributed by atoms with Gasteiger partial charge in [0.15, 0.2) is 11.7 Å². The van der Waals surface area contributed by atoms with E-state index in [0.29, 0.717) is 95.0 Å². The summed E-state index contributed by atoms with van der Waals surface area (Å²) in [6, 6.07) is 11.5. The summed E-state index contributed by atoms with van der Waals surface area (Å²) in [5, 5.41) is 3.04. The Morgan fingerprint density at radius 3 is 2.20 bits per heavy atom. The maximum atomic E-state index is 14.3. The standard InChI is InChI=1S/C42H55N7O9.C2H6/c1-4-56-37(51)10-9-36(50)46-16-12-31(13-17-46)45-21-23-47(24-22-45)39(52)35(27-29-25-28(2)38-34(26-29)57-41(54)44(38)3)58-42(55)48-18-14-32(15-19-48)49-20-11-30-7-5-6-8-33(30)43-40(49)53;1-2/h5-8,25-26,31-32,35H,4,9-24,27H2,1-3H3,(H,43,53);1-2H3/t35-;/m1./s1. The zero-order valence-electron chi connectivity index (χ0n) is 35.8. The maximum absolute atomic E-state index is 14.3. The Kier molecular flexibility index (Phi) is 14.9. The van der Waals surface area contributed by atoms with Gasteiger partial charge in [-0.1, -0.05) is 38.1 Å². The van der Waals surface area contributed by atoms with Gasteiger partial charge in [-0.3, -0.25) is 23.9 Å². The van der Waals surface area contributed by atoms with Crippen LogP contribution in [0.15, 0.2) is 45.6 Å². The molecule has 16 nitrogen and oxygen atoms in total. The van der Waals surface area contributed by atoms with E-state index in [0.717, 1.165) is 36.1 Å². The fourth-order valence-corrected chi connectivity index (χ4v) is 8.98. The van der Waals surface area contributed by atoms with Gasteiger partial charge < -0.3 is 38.8 Å². The van der Waals surface area contributed by atoms with Gasteiger partial charge in [-0.25, -0.2) is 14.4 Å². The minimum Gasteiger partial charge on any atom is -0.466 e. The van der Waals surface area contributed by atoms with Crippen molar-refractivity contribution in [1.29, 1.82) is 0 Å². The lowest BCUT2D eigenvalue weighted by Gasteiger charge is -2.43. The monoisotopic (exact) mass is 831 g/mol. The normalized spacial score (nSPS) is 18.5. The first-order valence-electron chi connectivity index (χ1n) is 21.7. The highest BCUT2D eigenvalue weighted by Gasteiger charge is 2.37. The number of amides is 5. The molecule has 5 heterocycles. The van der Waals surface area contributed by atoms with E-state index in [9.17, 15) is 28.8 Å². The van der Waals surface area contributed by atoms with E-state index in [1.165, 1.54) is 4.57 Å². The SMILES string of the molecule is CC.CCOC(=O)CCC(=O)N1CCC(N2CCN(C(=O)[C@@H](Cc3cc(C)c4c(c3)oc(=O)n4C)OC(=O)N3CCC(N4CCc5ccccc5NC4=O)CC3)CC2)CC1. The van der Waals surface area contributed by atoms with Crippen LogP contribution in [0.3, 0.4) is 0 Å². The molecule has 2 aromatic carbocycles. The third kappa shape index (κ3) is 10.3. The number of benzene rings is 2. The predicted octanol–water partition coefficient (Wildman–Crippen LogP) is 4.55. The molecule has 326 valence electrons. The molecular weight excluding hydrogens is 771 g/mol. The minimum absolute atomic E-state index is 0.0354. The van der Waals surface area contributed by atoms with Gasteiger partial charge in [0.05, 0.1) is 18.5 Å². The molecular formula is C44H61N7O9. The molecule has 4 aliphatic heterocycles. The number of aryl methyl sites for hydroxylation is 2. The second kappa shape index (κ2) is 20.3. The van der Waals surface area contributed by atoms with E-state index in [1.54, 1.807) is 29.8 Å². The van der Waals surface area contributed by atoms with Gasteiger partial charge >= 0.3 is 23.8 Å². The van der Waals surface area contributed by atoms with E-state index in [1.807, 2.05) is 60.9 Å². The van der Waals surface area contributed by atoms with Gasteiger partial charge in [-0.15, -0.1) is 0 Å². The van der Waals surface area contributed by atoms with Crippen molar-refractivity contribution >= 4 is 46.7 Å². The Bertz CT molecular complexity index is 2060. The van der Waals surface area contributed by atoms with Crippen LogP contribution in [0.4, 0.5) is 15.3 Å². The number of fused-ring (bicyclic) bond motifs is 2. The maximum Gasteiger partial charge on any atom is 0.419 e. The number of ether oxygens (including phenoxy) is 2. The summed E-state index contributed by atoms with van der Waals surface area (Å²) in [5.41, 5.74) is 4.51. The van der Waals surface area contributed by atoms with Crippen molar-refractivity contribution in [3.63, 3.8) is 0 Å². The lowest BCUT2D eigenvalue weighted by molar-refractivity contribution is -0.146. The average molecular weight is 832 g/mol. The van der Waals surface area contributed by atoms with Crippen LogP contribution >= 0.6 is 0 Å². The Morgan fingerprint density at radius 1 is 0.833 bits per heavy atom. The van der Waals surface area contributed by atoms with E-state index >= 15 is 0 Å². The number of para-hydroxylation sites is 1. The van der Waals surface area contributed by atoms with Crippen molar-refractivity contribution in [2.24, 2.45) is 7.05 Å². The number of esters is 1. The molecule has 3 aromatic rings. The molecule has 0 bridgehead atoms. The van der Waals surface area contributed by atoms with Crippen LogP contribution in [0.5, 0.6) is 0 Å². The zero-order valence-corrected chi connectivity index (χ0v) is 35.8. The number of carbonyl (C=O) groups is 5. The van der Waals surface area contributed by atoms with Gasteiger partial charge in [0, 0.05) is 96.6 Å². The van der Waals surface area contributed by atoms with Crippen molar-refractivity contribution in [1.82, 2.24) is 29.1 Å². The van der Waals surface area contributed by atoms with E-state index < -0.39 is 18.0 Å². The molecule has 7 rings (SSSR count). The molecule has 0 unspecified atom stereocenters. The largest absolute Gasteiger partial charge is 0.466 e. The number of anilines is 1. The third-order valence-electron chi connectivity index (χ3n) is 12.2. The first-order valence-corrected chi connectivity index (χ1v) is 21.7. The smallest absolute Gasteiger partial charge is 0.419 e. The zero-order chi connectivity index (χ0) is 42.9. The second-order valence-electron chi connectivity index (χ2n) is 15.8. The number of aromatic nitrogens is 1. The number of likely N-dealkylation sites (tertiary alicyclic amines) is 2. The van der Waals surface area contributed by atoms with Gasteiger partial charge in [-0.05, 0) is 74.8 Å². The molecule has 3 saturated heterocycles. The predicted molar refractivity (Wildman–Crippen MR) is 226 cm³/mol. The number of nitrogens with zero attached hydrogens (tertiary/aromatic N) is 6. The Hall–Kier alpha value is -5.38. The van der Waals surface area contributed by atoms with Crippen molar-refractivity contribution in [2.75, 3.05) is 70.8 Å². The molecule has 1 N–H and O–H groups in total. The number of hydrogen-bond acceptors (Lipinski definition) is 10. The van der Waals surface area contributed by atoms with Gasteiger partial charge in [0.25, 0.3) is 5.91 Å². The number of nitrogens with one attached hydrogen (secondary N) is 1. The Morgan fingerprint density at radius 2 is 1.50 bits per heavy atom. The molecule has 60 heavy (non-hydrogen) atoms. The van der Waals surface area contributed by atoms with Crippen LogP contribution in [0, 0.1) is 6.92 Å². The summed E-state index contributed by atoms with van der Waals surface area (Å²) in [4.78, 5) is 87.5. The number of piperazine rings is 1. The molecule has 4 aliphatic rings. The number of piperidine rings is 2. The van der Waals surface area contributed by atoms with Crippen molar-refractivity contribution in [2.45, 2.75) is 97.2 Å². The van der Waals surface area contributed by atoms with Gasteiger partial charge in [-0.2, -0.15) is 0 Å². The number of carbonyl (C=O) groups excluding carboxylic acids is 5. The number of rotatable bonds is 10. The highest BCUT2D eigenvalue weighted by atomic mass is 16.6. The van der Waals surface area contributed by atoms with E-state index in [-0.39, 0.29) is 55.2 Å². The van der Waals surface area contributed by atoms with Crippen molar-refractivity contribution in [3.05, 3.63) is 63.6 Å². The average Bonchev–Trinajstić information content (AvgIpc) is 3.44.